The Morgan fingerprint density at radius 3 is 2.37 bits per heavy atom. The summed E-state index contributed by atoms with van der Waals surface area (Å²) < 4.78 is 17.8. The molecule has 0 N–H and O–H groups in total. The van der Waals surface area contributed by atoms with Crippen molar-refractivity contribution >= 4 is 12.6 Å². The van der Waals surface area contributed by atoms with Crippen molar-refractivity contribution in [1.29, 1.82) is 0 Å². The molecule has 3 nitrogen and oxygen atoms in total. The van der Waals surface area contributed by atoms with Crippen molar-refractivity contribution in [2.45, 2.75) is 51.7 Å². The lowest BCUT2D eigenvalue weighted by molar-refractivity contribution is 0.00578. The summed E-state index contributed by atoms with van der Waals surface area (Å²) in [6.07, 6.45) is 0. The SMILES string of the molecule is CC1COc2ccc(B3OC(C)(C)C(C)(C)O3)cc21. The van der Waals surface area contributed by atoms with Gasteiger partial charge < -0.3 is 14.0 Å². The molecule has 2 aliphatic heterocycles. The standard InChI is InChI=1S/C15H21BO3/c1-10-9-17-13-7-6-11(8-12(10)13)16-18-14(2,3)15(4,5)19-16/h6-8,10H,9H2,1-5H3. The van der Waals surface area contributed by atoms with Crippen LogP contribution in [0.5, 0.6) is 5.75 Å². The molecule has 2 aliphatic rings. The summed E-state index contributed by atoms with van der Waals surface area (Å²) in [6, 6.07) is 6.23. The molecule has 4 heteroatoms. The molecular weight excluding hydrogens is 239 g/mol. The Labute approximate surface area is 115 Å². The number of hydrogen-bond acceptors (Lipinski definition) is 3. The summed E-state index contributed by atoms with van der Waals surface area (Å²) >= 11 is 0. The zero-order valence-electron chi connectivity index (χ0n) is 12.3. The minimum atomic E-state index is -0.293. The average Bonchev–Trinajstić information content (AvgIpc) is 2.78. The molecule has 3 rings (SSSR count). The van der Waals surface area contributed by atoms with Crippen molar-refractivity contribution in [2.75, 3.05) is 6.61 Å². The second-order valence-electron chi connectivity index (χ2n) is 6.60. The van der Waals surface area contributed by atoms with E-state index in [1.54, 1.807) is 0 Å². The van der Waals surface area contributed by atoms with Gasteiger partial charge >= 0.3 is 7.12 Å². The topological polar surface area (TPSA) is 27.7 Å². The molecule has 0 amide bonds. The van der Waals surface area contributed by atoms with E-state index in [1.165, 1.54) is 5.56 Å². The lowest BCUT2D eigenvalue weighted by atomic mass is 9.77. The third kappa shape index (κ3) is 1.98. The van der Waals surface area contributed by atoms with Crippen LogP contribution in [0, 0.1) is 0 Å². The third-order valence-corrected chi connectivity index (χ3v) is 4.58. The molecule has 0 radical (unpaired) electrons. The van der Waals surface area contributed by atoms with E-state index in [0.717, 1.165) is 17.8 Å². The van der Waals surface area contributed by atoms with E-state index in [-0.39, 0.29) is 18.3 Å². The van der Waals surface area contributed by atoms with E-state index >= 15 is 0 Å². The Morgan fingerprint density at radius 1 is 1.11 bits per heavy atom. The highest BCUT2D eigenvalue weighted by molar-refractivity contribution is 6.62. The molecule has 2 heterocycles. The first-order chi connectivity index (χ1) is 8.80. The number of rotatable bonds is 1. The normalized spacial score (nSPS) is 27.2. The zero-order valence-corrected chi connectivity index (χ0v) is 12.3. The van der Waals surface area contributed by atoms with Crippen LogP contribution in [0.25, 0.3) is 0 Å². The van der Waals surface area contributed by atoms with Crippen LogP contribution in [0.3, 0.4) is 0 Å². The summed E-state index contributed by atoms with van der Waals surface area (Å²) in [5, 5.41) is 0. The van der Waals surface area contributed by atoms with Gasteiger partial charge in [0.05, 0.1) is 17.8 Å². The van der Waals surface area contributed by atoms with Crippen LogP contribution in [-0.2, 0) is 9.31 Å². The van der Waals surface area contributed by atoms with E-state index < -0.39 is 0 Å². The van der Waals surface area contributed by atoms with Crippen molar-refractivity contribution in [3.63, 3.8) is 0 Å². The largest absolute Gasteiger partial charge is 0.494 e. The Balaban J connectivity index is 1.91. The molecule has 0 bridgehead atoms. The Hall–Kier alpha value is -0.995. The van der Waals surface area contributed by atoms with Crippen molar-refractivity contribution in [3.05, 3.63) is 23.8 Å². The van der Waals surface area contributed by atoms with Crippen LogP contribution in [0.1, 0.15) is 46.1 Å². The van der Waals surface area contributed by atoms with E-state index in [0.29, 0.717) is 5.92 Å². The number of fused-ring (bicyclic) bond motifs is 1. The molecular formula is C15H21BO3. The maximum Gasteiger partial charge on any atom is 0.494 e. The summed E-state index contributed by atoms with van der Waals surface area (Å²) in [5.41, 5.74) is 1.75. The van der Waals surface area contributed by atoms with Gasteiger partial charge in [-0.2, -0.15) is 0 Å². The number of benzene rings is 1. The smallest absolute Gasteiger partial charge is 0.493 e. The van der Waals surface area contributed by atoms with Crippen molar-refractivity contribution < 1.29 is 14.0 Å². The van der Waals surface area contributed by atoms with Gasteiger partial charge in [-0.1, -0.05) is 19.1 Å². The average molecular weight is 260 g/mol. The lowest BCUT2D eigenvalue weighted by Gasteiger charge is -2.32. The maximum absolute atomic E-state index is 6.08. The Kier molecular flexibility index (Phi) is 2.74. The number of ether oxygens (including phenoxy) is 1. The molecule has 1 saturated heterocycles. The molecule has 0 aromatic heterocycles. The molecule has 1 fully saturated rings. The van der Waals surface area contributed by atoms with Crippen LogP contribution < -0.4 is 10.2 Å². The highest BCUT2D eigenvalue weighted by Crippen LogP contribution is 2.37. The minimum absolute atomic E-state index is 0.289. The first kappa shape index (κ1) is 13.0. The van der Waals surface area contributed by atoms with Gasteiger partial charge in [0.25, 0.3) is 0 Å². The Bertz CT molecular complexity index is 494. The highest BCUT2D eigenvalue weighted by atomic mass is 16.7. The molecule has 1 aromatic carbocycles. The van der Waals surface area contributed by atoms with Gasteiger partial charge in [-0.05, 0) is 44.8 Å². The zero-order chi connectivity index (χ0) is 13.8. The summed E-state index contributed by atoms with van der Waals surface area (Å²) in [5.74, 6) is 1.44. The predicted molar refractivity (Wildman–Crippen MR) is 76.1 cm³/mol. The van der Waals surface area contributed by atoms with Gasteiger partial charge in [0.1, 0.15) is 5.75 Å². The van der Waals surface area contributed by atoms with E-state index in [1.807, 2.05) is 12.1 Å². The van der Waals surface area contributed by atoms with E-state index in [4.69, 9.17) is 14.0 Å². The fourth-order valence-electron chi connectivity index (χ4n) is 2.51. The van der Waals surface area contributed by atoms with Gasteiger partial charge in [0, 0.05) is 5.92 Å². The van der Waals surface area contributed by atoms with Gasteiger partial charge in [-0.3, -0.25) is 0 Å². The van der Waals surface area contributed by atoms with E-state index in [9.17, 15) is 0 Å². The van der Waals surface area contributed by atoms with Gasteiger partial charge in [-0.15, -0.1) is 0 Å². The second kappa shape index (κ2) is 4.00. The van der Waals surface area contributed by atoms with Crippen molar-refractivity contribution in [2.24, 2.45) is 0 Å². The fourth-order valence-corrected chi connectivity index (χ4v) is 2.51. The first-order valence-electron chi connectivity index (χ1n) is 6.92. The lowest BCUT2D eigenvalue weighted by Crippen LogP contribution is -2.41. The molecule has 0 aliphatic carbocycles. The van der Waals surface area contributed by atoms with Gasteiger partial charge in [-0.25, -0.2) is 0 Å². The fraction of sp³-hybridized carbons (Fsp3) is 0.600. The molecule has 1 unspecified atom stereocenters. The molecule has 1 atom stereocenters. The van der Waals surface area contributed by atoms with Crippen LogP contribution in [0.2, 0.25) is 0 Å². The van der Waals surface area contributed by atoms with E-state index in [2.05, 4.69) is 40.7 Å². The first-order valence-corrected chi connectivity index (χ1v) is 6.92. The third-order valence-electron chi connectivity index (χ3n) is 4.58. The maximum atomic E-state index is 6.08. The summed E-state index contributed by atoms with van der Waals surface area (Å²) in [7, 11) is -0.289. The molecule has 1 aromatic rings. The van der Waals surface area contributed by atoms with Crippen LogP contribution in [0.4, 0.5) is 0 Å². The molecule has 0 spiro atoms. The molecule has 102 valence electrons. The molecule has 0 saturated carbocycles. The highest BCUT2D eigenvalue weighted by Gasteiger charge is 2.51. The van der Waals surface area contributed by atoms with Crippen molar-refractivity contribution in [3.8, 4) is 5.75 Å². The minimum Gasteiger partial charge on any atom is -0.493 e. The monoisotopic (exact) mass is 260 g/mol. The van der Waals surface area contributed by atoms with Gasteiger partial charge in [0.2, 0.25) is 0 Å². The van der Waals surface area contributed by atoms with Gasteiger partial charge in [0.15, 0.2) is 0 Å². The van der Waals surface area contributed by atoms with Crippen LogP contribution >= 0.6 is 0 Å². The quantitative estimate of drug-likeness (QED) is 0.726. The number of hydrogen-bond donors (Lipinski definition) is 0. The summed E-state index contributed by atoms with van der Waals surface area (Å²) in [6.45, 7) is 11.2. The van der Waals surface area contributed by atoms with Crippen LogP contribution in [0.15, 0.2) is 18.2 Å². The summed E-state index contributed by atoms with van der Waals surface area (Å²) in [4.78, 5) is 0. The molecule has 19 heavy (non-hydrogen) atoms. The van der Waals surface area contributed by atoms with Crippen LogP contribution in [-0.4, -0.2) is 24.9 Å². The second-order valence-corrected chi connectivity index (χ2v) is 6.60. The predicted octanol–water partition coefficient (Wildman–Crippen LogP) is 2.48. The Morgan fingerprint density at radius 2 is 1.74 bits per heavy atom. The van der Waals surface area contributed by atoms with Crippen molar-refractivity contribution in [1.82, 2.24) is 0 Å².